The Morgan fingerprint density at radius 3 is 2.47 bits per heavy atom. The van der Waals surface area contributed by atoms with Crippen molar-refractivity contribution in [3.05, 3.63) is 54.3 Å². The molecule has 0 atom stereocenters. The molecule has 8 heteroatoms. The van der Waals surface area contributed by atoms with Crippen LogP contribution in [0.3, 0.4) is 0 Å². The summed E-state index contributed by atoms with van der Waals surface area (Å²) in [4.78, 5) is 24.2. The number of thioether (sulfide) groups is 1. The molecule has 0 radical (unpaired) electrons. The minimum Gasteiger partial charge on any atom is -0.360 e. The molecule has 0 fully saturated rings. The van der Waals surface area contributed by atoms with Crippen LogP contribution < -0.4 is 10.6 Å². The molecule has 2 amide bonds. The topological polar surface area (TPSA) is 89.2 Å². The standard InChI is InChI=1S/C22H22N4O3S/c1-3-26-18-7-5-4-6-16(18)17-11-15(8-9-19(17)26)23-21(27)12-30-13-22(28)24-20-10-14(2)29-25-20/h4-11H,3,12-13H2,1-2H3,(H,23,27)(H,24,25,28). The fourth-order valence-corrected chi connectivity index (χ4v) is 4.13. The normalized spacial score (nSPS) is 11.1. The molecule has 4 rings (SSSR count). The van der Waals surface area contributed by atoms with Gasteiger partial charge in [-0.1, -0.05) is 23.4 Å². The van der Waals surface area contributed by atoms with Crippen LogP contribution in [-0.2, 0) is 16.1 Å². The van der Waals surface area contributed by atoms with E-state index in [2.05, 4.69) is 39.4 Å². The first-order valence-corrected chi connectivity index (χ1v) is 10.8. The molecular weight excluding hydrogens is 400 g/mol. The van der Waals surface area contributed by atoms with E-state index >= 15 is 0 Å². The molecule has 0 bridgehead atoms. The van der Waals surface area contributed by atoms with E-state index in [1.54, 1.807) is 13.0 Å². The van der Waals surface area contributed by atoms with E-state index in [1.165, 1.54) is 22.7 Å². The largest absolute Gasteiger partial charge is 0.360 e. The molecule has 154 valence electrons. The van der Waals surface area contributed by atoms with Gasteiger partial charge in [-0.15, -0.1) is 11.8 Å². The molecule has 0 aliphatic rings. The number of anilines is 2. The van der Waals surface area contributed by atoms with Crippen LogP contribution in [0, 0.1) is 6.92 Å². The summed E-state index contributed by atoms with van der Waals surface area (Å²) in [6.07, 6.45) is 0. The van der Waals surface area contributed by atoms with Crippen LogP contribution in [0.15, 0.2) is 53.1 Å². The average Bonchev–Trinajstić information content (AvgIpc) is 3.28. The highest BCUT2D eigenvalue weighted by atomic mass is 32.2. The van der Waals surface area contributed by atoms with Crippen LogP contribution >= 0.6 is 11.8 Å². The second kappa shape index (κ2) is 8.62. The summed E-state index contributed by atoms with van der Waals surface area (Å²) in [5.74, 6) is 0.958. The van der Waals surface area contributed by atoms with E-state index in [0.29, 0.717) is 11.6 Å². The van der Waals surface area contributed by atoms with Gasteiger partial charge in [0.05, 0.1) is 11.5 Å². The Morgan fingerprint density at radius 2 is 1.73 bits per heavy atom. The monoisotopic (exact) mass is 422 g/mol. The number of aryl methyl sites for hydroxylation is 2. The number of carbonyl (C=O) groups is 2. The van der Waals surface area contributed by atoms with E-state index in [1.807, 2.05) is 30.3 Å². The lowest BCUT2D eigenvalue weighted by Gasteiger charge is -2.07. The Balaban J connectivity index is 1.37. The van der Waals surface area contributed by atoms with Gasteiger partial charge in [-0.2, -0.15) is 0 Å². The Kier molecular flexibility index (Phi) is 5.76. The third-order valence-corrected chi connectivity index (χ3v) is 5.67. The summed E-state index contributed by atoms with van der Waals surface area (Å²) in [5, 5.41) is 11.5. The molecule has 7 nitrogen and oxygen atoms in total. The van der Waals surface area contributed by atoms with Gasteiger partial charge in [-0.25, -0.2) is 0 Å². The summed E-state index contributed by atoms with van der Waals surface area (Å²) in [6, 6.07) is 15.9. The maximum absolute atomic E-state index is 12.3. The summed E-state index contributed by atoms with van der Waals surface area (Å²) in [6.45, 7) is 4.75. The minimum atomic E-state index is -0.227. The zero-order chi connectivity index (χ0) is 21.1. The van der Waals surface area contributed by atoms with Gasteiger partial charge in [0.2, 0.25) is 11.8 Å². The number of para-hydroxylation sites is 1. The first-order valence-electron chi connectivity index (χ1n) is 9.67. The summed E-state index contributed by atoms with van der Waals surface area (Å²) < 4.78 is 7.17. The van der Waals surface area contributed by atoms with Crippen molar-refractivity contribution in [2.45, 2.75) is 20.4 Å². The van der Waals surface area contributed by atoms with Crippen LogP contribution in [-0.4, -0.2) is 33.0 Å². The highest BCUT2D eigenvalue weighted by molar-refractivity contribution is 8.00. The van der Waals surface area contributed by atoms with Gasteiger partial charge in [-0.05, 0) is 38.1 Å². The molecule has 0 unspecified atom stereocenters. The molecule has 2 aromatic heterocycles. The predicted octanol–water partition coefficient (Wildman–Crippen LogP) is 4.42. The number of fused-ring (bicyclic) bond motifs is 3. The Morgan fingerprint density at radius 1 is 1.00 bits per heavy atom. The summed E-state index contributed by atoms with van der Waals surface area (Å²) in [5.41, 5.74) is 3.07. The number of aromatic nitrogens is 2. The highest BCUT2D eigenvalue weighted by Crippen LogP contribution is 2.31. The van der Waals surface area contributed by atoms with Gasteiger partial charge in [0, 0.05) is 40.1 Å². The lowest BCUT2D eigenvalue weighted by molar-refractivity contribution is -0.114. The highest BCUT2D eigenvalue weighted by Gasteiger charge is 2.12. The number of amides is 2. The van der Waals surface area contributed by atoms with Gasteiger partial charge in [0.15, 0.2) is 5.82 Å². The van der Waals surface area contributed by atoms with Crippen molar-refractivity contribution in [2.75, 3.05) is 22.1 Å². The van der Waals surface area contributed by atoms with E-state index in [-0.39, 0.29) is 23.3 Å². The lowest BCUT2D eigenvalue weighted by Crippen LogP contribution is -2.18. The molecule has 2 heterocycles. The van der Waals surface area contributed by atoms with Gasteiger partial charge >= 0.3 is 0 Å². The number of rotatable bonds is 7. The quantitative estimate of drug-likeness (QED) is 0.460. The molecule has 2 aromatic carbocycles. The van der Waals surface area contributed by atoms with E-state index in [9.17, 15) is 9.59 Å². The fourth-order valence-electron chi connectivity index (χ4n) is 3.51. The number of benzene rings is 2. The zero-order valence-electron chi connectivity index (χ0n) is 16.8. The molecule has 30 heavy (non-hydrogen) atoms. The SMILES string of the molecule is CCn1c2ccccc2c2cc(NC(=O)CSCC(=O)Nc3cc(C)on3)ccc21. The molecule has 0 saturated heterocycles. The van der Waals surface area contributed by atoms with Crippen LogP contribution in [0.5, 0.6) is 0 Å². The number of hydrogen-bond acceptors (Lipinski definition) is 5. The van der Waals surface area contributed by atoms with Crippen LogP contribution in [0.1, 0.15) is 12.7 Å². The number of carbonyl (C=O) groups excluding carboxylic acids is 2. The van der Waals surface area contributed by atoms with E-state index in [4.69, 9.17) is 4.52 Å². The van der Waals surface area contributed by atoms with Crippen molar-refractivity contribution in [1.82, 2.24) is 9.72 Å². The first-order chi connectivity index (χ1) is 14.5. The number of nitrogens with one attached hydrogen (secondary N) is 2. The maximum Gasteiger partial charge on any atom is 0.235 e. The zero-order valence-corrected chi connectivity index (χ0v) is 17.6. The molecule has 0 aliphatic heterocycles. The molecule has 0 aliphatic carbocycles. The number of nitrogens with zero attached hydrogens (tertiary/aromatic N) is 2. The molecule has 0 spiro atoms. The summed E-state index contributed by atoms with van der Waals surface area (Å²) >= 11 is 1.24. The molecular formula is C22H22N4O3S. The second-order valence-electron chi connectivity index (χ2n) is 6.91. The second-order valence-corrected chi connectivity index (χ2v) is 7.89. The maximum atomic E-state index is 12.3. The van der Waals surface area contributed by atoms with Gasteiger partial charge in [0.1, 0.15) is 5.76 Å². The molecule has 0 saturated carbocycles. The van der Waals surface area contributed by atoms with Crippen molar-refractivity contribution in [3.8, 4) is 0 Å². The van der Waals surface area contributed by atoms with Gasteiger partial charge in [0.25, 0.3) is 0 Å². The van der Waals surface area contributed by atoms with Crippen LogP contribution in [0.2, 0.25) is 0 Å². The van der Waals surface area contributed by atoms with Crippen molar-refractivity contribution < 1.29 is 14.1 Å². The third kappa shape index (κ3) is 4.18. The van der Waals surface area contributed by atoms with E-state index < -0.39 is 0 Å². The van der Waals surface area contributed by atoms with Crippen molar-refractivity contribution in [3.63, 3.8) is 0 Å². The van der Waals surface area contributed by atoms with E-state index in [0.717, 1.165) is 23.1 Å². The first kappa shape index (κ1) is 20.0. The predicted molar refractivity (Wildman–Crippen MR) is 121 cm³/mol. The van der Waals surface area contributed by atoms with Crippen molar-refractivity contribution >= 4 is 56.9 Å². The van der Waals surface area contributed by atoms with Crippen molar-refractivity contribution in [1.29, 1.82) is 0 Å². The Labute approximate surface area is 177 Å². The lowest BCUT2D eigenvalue weighted by atomic mass is 10.1. The van der Waals surface area contributed by atoms with Crippen LogP contribution in [0.25, 0.3) is 21.8 Å². The Hall–Kier alpha value is -3.26. The van der Waals surface area contributed by atoms with Crippen molar-refractivity contribution in [2.24, 2.45) is 0 Å². The fraction of sp³-hybridized carbons (Fsp3) is 0.227. The Bertz CT molecular complexity index is 1230. The third-order valence-electron chi connectivity index (χ3n) is 4.73. The minimum absolute atomic E-state index is 0.149. The molecule has 4 aromatic rings. The molecule has 2 N–H and O–H groups in total. The number of hydrogen-bond donors (Lipinski definition) is 2. The van der Waals surface area contributed by atoms with Gasteiger partial charge < -0.3 is 19.7 Å². The average molecular weight is 423 g/mol. The van der Waals surface area contributed by atoms with Gasteiger partial charge in [-0.3, -0.25) is 9.59 Å². The summed E-state index contributed by atoms with van der Waals surface area (Å²) in [7, 11) is 0. The van der Waals surface area contributed by atoms with Crippen LogP contribution in [0.4, 0.5) is 11.5 Å². The smallest absolute Gasteiger partial charge is 0.235 e.